The van der Waals surface area contributed by atoms with Crippen LogP contribution >= 0.6 is 0 Å². The van der Waals surface area contributed by atoms with Crippen molar-refractivity contribution in [3.8, 4) is 5.75 Å². The fraction of sp³-hybridized carbons (Fsp3) is 0.250. The van der Waals surface area contributed by atoms with E-state index in [1.165, 1.54) is 4.90 Å². The molecule has 0 fully saturated rings. The molecule has 1 aliphatic heterocycles. The van der Waals surface area contributed by atoms with Gasteiger partial charge in [-0.1, -0.05) is 12.1 Å². The average Bonchev–Trinajstić information content (AvgIpc) is 3.16. The number of nitrogens with zero attached hydrogens (tertiary/aromatic N) is 3. The van der Waals surface area contributed by atoms with Crippen LogP contribution < -0.4 is 4.74 Å². The zero-order chi connectivity index (χ0) is 19.0. The van der Waals surface area contributed by atoms with Gasteiger partial charge in [-0.05, 0) is 24.3 Å². The van der Waals surface area contributed by atoms with Gasteiger partial charge in [0, 0.05) is 19.7 Å². The van der Waals surface area contributed by atoms with E-state index in [1.807, 2.05) is 22.8 Å². The summed E-state index contributed by atoms with van der Waals surface area (Å²) in [4.78, 5) is 31.2. The number of methoxy groups -OCH3 is 2. The molecule has 0 unspecified atom stereocenters. The third-order valence-electron chi connectivity index (χ3n) is 4.73. The number of carbonyl (C=O) groups excluding carboxylic acids is 2. The molecule has 0 radical (unpaired) electrons. The minimum Gasteiger partial charge on any atom is -0.497 e. The summed E-state index contributed by atoms with van der Waals surface area (Å²) in [5.41, 5.74) is 2.52. The summed E-state index contributed by atoms with van der Waals surface area (Å²) < 4.78 is 12.5. The molecule has 0 saturated heterocycles. The van der Waals surface area contributed by atoms with Crippen LogP contribution in [0.25, 0.3) is 11.0 Å². The van der Waals surface area contributed by atoms with E-state index >= 15 is 0 Å². The van der Waals surface area contributed by atoms with E-state index in [0.29, 0.717) is 35.9 Å². The van der Waals surface area contributed by atoms with Gasteiger partial charge in [-0.25, -0.2) is 4.98 Å². The Bertz CT molecular complexity index is 1010. The number of rotatable bonds is 6. The Kier molecular flexibility index (Phi) is 4.37. The first-order valence-electron chi connectivity index (χ1n) is 8.61. The first-order chi connectivity index (χ1) is 13.1. The number of benzene rings is 2. The predicted molar refractivity (Wildman–Crippen MR) is 98.8 cm³/mol. The maximum atomic E-state index is 12.7. The molecule has 0 saturated carbocycles. The van der Waals surface area contributed by atoms with Gasteiger partial charge in [-0.3, -0.25) is 14.5 Å². The molecular weight excluding hydrogens is 346 g/mol. The molecule has 0 N–H and O–H groups in total. The highest BCUT2D eigenvalue weighted by Gasteiger charge is 2.36. The van der Waals surface area contributed by atoms with Crippen molar-refractivity contribution in [1.82, 2.24) is 14.5 Å². The van der Waals surface area contributed by atoms with E-state index < -0.39 is 0 Å². The van der Waals surface area contributed by atoms with Crippen molar-refractivity contribution < 1.29 is 19.1 Å². The van der Waals surface area contributed by atoms with E-state index in [-0.39, 0.29) is 18.4 Å². The number of hydrogen-bond acceptors (Lipinski definition) is 5. The van der Waals surface area contributed by atoms with E-state index in [1.54, 1.807) is 38.5 Å². The number of aromatic nitrogens is 2. The molecule has 3 aromatic rings. The number of hydrogen-bond donors (Lipinski definition) is 0. The highest BCUT2D eigenvalue weighted by Crippen LogP contribution is 2.27. The maximum Gasteiger partial charge on any atom is 0.261 e. The van der Waals surface area contributed by atoms with Gasteiger partial charge in [0.15, 0.2) is 0 Å². The van der Waals surface area contributed by atoms with Crippen molar-refractivity contribution in [2.24, 2.45) is 0 Å². The van der Waals surface area contributed by atoms with Crippen LogP contribution in [0.4, 0.5) is 0 Å². The number of ether oxygens (including phenoxy) is 2. The molecule has 1 aliphatic rings. The Labute approximate surface area is 156 Å². The molecule has 0 aliphatic carbocycles. The zero-order valence-electron chi connectivity index (χ0n) is 15.1. The zero-order valence-corrected chi connectivity index (χ0v) is 15.1. The lowest BCUT2D eigenvalue weighted by Crippen LogP contribution is -2.30. The van der Waals surface area contributed by atoms with Crippen LogP contribution in [0.3, 0.4) is 0 Å². The number of amides is 2. The van der Waals surface area contributed by atoms with Crippen LogP contribution in [0.15, 0.2) is 42.5 Å². The van der Waals surface area contributed by atoms with E-state index in [9.17, 15) is 9.59 Å². The summed E-state index contributed by atoms with van der Waals surface area (Å²) in [5, 5.41) is 0. The van der Waals surface area contributed by atoms with Gasteiger partial charge >= 0.3 is 0 Å². The molecule has 27 heavy (non-hydrogen) atoms. The summed E-state index contributed by atoms with van der Waals surface area (Å²) in [5.74, 6) is 0.759. The summed E-state index contributed by atoms with van der Waals surface area (Å²) in [6, 6.07) is 12.5. The Morgan fingerprint density at radius 1 is 1.00 bits per heavy atom. The quantitative estimate of drug-likeness (QED) is 0.628. The van der Waals surface area contributed by atoms with Gasteiger partial charge in [0.05, 0.1) is 42.4 Å². The standard InChI is InChI=1S/C20H19N3O4/c1-26-10-9-22-17-11-13(27-2)7-8-16(17)21-18(22)12-23-19(24)14-5-3-4-6-15(14)20(23)25/h3-8,11H,9-10,12H2,1-2H3. The predicted octanol–water partition coefficient (Wildman–Crippen LogP) is 2.49. The lowest BCUT2D eigenvalue weighted by atomic mass is 10.1. The third-order valence-corrected chi connectivity index (χ3v) is 4.73. The number of imidazole rings is 1. The molecule has 2 aromatic carbocycles. The molecular formula is C20H19N3O4. The molecule has 7 nitrogen and oxygen atoms in total. The van der Waals surface area contributed by atoms with E-state index in [4.69, 9.17) is 9.47 Å². The first-order valence-corrected chi connectivity index (χ1v) is 8.61. The maximum absolute atomic E-state index is 12.7. The summed E-state index contributed by atoms with van der Waals surface area (Å²) >= 11 is 0. The fourth-order valence-electron chi connectivity index (χ4n) is 3.36. The van der Waals surface area contributed by atoms with Crippen molar-refractivity contribution >= 4 is 22.8 Å². The molecule has 7 heteroatoms. The van der Waals surface area contributed by atoms with Crippen LogP contribution in [0, 0.1) is 0 Å². The van der Waals surface area contributed by atoms with Gasteiger partial charge in [0.2, 0.25) is 0 Å². The summed E-state index contributed by atoms with van der Waals surface area (Å²) in [6.07, 6.45) is 0. The largest absolute Gasteiger partial charge is 0.497 e. The minimum absolute atomic E-state index is 0.104. The summed E-state index contributed by atoms with van der Waals surface area (Å²) in [6.45, 7) is 1.14. The molecule has 2 heterocycles. The van der Waals surface area contributed by atoms with Crippen LogP contribution in [0.2, 0.25) is 0 Å². The number of imide groups is 1. The number of carbonyl (C=O) groups is 2. The van der Waals surface area contributed by atoms with Crippen LogP contribution in [-0.2, 0) is 17.8 Å². The Morgan fingerprint density at radius 3 is 2.33 bits per heavy atom. The van der Waals surface area contributed by atoms with Gasteiger partial charge in [-0.15, -0.1) is 0 Å². The SMILES string of the molecule is COCCn1c(CN2C(=O)c3ccccc3C2=O)nc2ccc(OC)cc21. The fourth-order valence-corrected chi connectivity index (χ4v) is 3.36. The van der Waals surface area contributed by atoms with Crippen molar-refractivity contribution in [2.45, 2.75) is 13.1 Å². The lowest BCUT2D eigenvalue weighted by molar-refractivity contribution is 0.0636. The molecule has 0 atom stereocenters. The third kappa shape index (κ3) is 2.86. The smallest absolute Gasteiger partial charge is 0.261 e. The molecule has 4 rings (SSSR count). The second-order valence-corrected chi connectivity index (χ2v) is 6.27. The Hall–Kier alpha value is -3.19. The van der Waals surface area contributed by atoms with Crippen molar-refractivity contribution in [2.75, 3.05) is 20.8 Å². The second-order valence-electron chi connectivity index (χ2n) is 6.27. The van der Waals surface area contributed by atoms with E-state index in [2.05, 4.69) is 4.98 Å². The van der Waals surface area contributed by atoms with Crippen LogP contribution in [-0.4, -0.2) is 47.1 Å². The van der Waals surface area contributed by atoms with Crippen molar-refractivity contribution in [3.63, 3.8) is 0 Å². The topological polar surface area (TPSA) is 73.7 Å². The van der Waals surface area contributed by atoms with Crippen molar-refractivity contribution in [3.05, 3.63) is 59.4 Å². The van der Waals surface area contributed by atoms with Gasteiger partial charge < -0.3 is 14.0 Å². The normalized spacial score (nSPS) is 13.5. The Balaban J connectivity index is 1.73. The van der Waals surface area contributed by atoms with Gasteiger partial charge in [0.1, 0.15) is 11.6 Å². The lowest BCUT2D eigenvalue weighted by Gasteiger charge is -2.15. The molecule has 1 aromatic heterocycles. The highest BCUT2D eigenvalue weighted by molar-refractivity contribution is 6.21. The van der Waals surface area contributed by atoms with Crippen LogP contribution in [0.5, 0.6) is 5.75 Å². The number of fused-ring (bicyclic) bond motifs is 2. The highest BCUT2D eigenvalue weighted by atomic mass is 16.5. The molecule has 0 spiro atoms. The van der Waals surface area contributed by atoms with Gasteiger partial charge in [-0.2, -0.15) is 0 Å². The molecule has 0 bridgehead atoms. The Morgan fingerprint density at radius 2 is 1.70 bits per heavy atom. The first kappa shape index (κ1) is 17.2. The molecule has 138 valence electrons. The second kappa shape index (κ2) is 6.85. The monoisotopic (exact) mass is 365 g/mol. The minimum atomic E-state index is -0.293. The summed E-state index contributed by atoms with van der Waals surface area (Å²) in [7, 11) is 3.24. The molecule has 2 amide bonds. The van der Waals surface area contributed by atoms with Crippen LogP contribution in [0.1, 0.15) is 26.5 Å². The van der Waals surface area contributed by atoms with Gasteiger partial charge in [0.25, 0.3) is 11.8 Å². The average molecular weight is 365 g/mol. The van der Waals surface area contributed by atoms with Crippen molar-refractivity contribution in [1.29, 1.82) is 0 Å². The van der Waals surface area contributed by atoms with E-state index in [0.717, 1.165) is 11.0 Å².